The molecule has 0 aliphatic heterocycles. The first-order valence-corrected chi connectivity index (χ1v) is 6.06. The summed E-state index contributed by atoms with van der Waals surface area (Å²) in [6.07, 6.45) is 1.86. The van der Waals surface area contributed by atoms with Crippen LogP contribution >= 0.6 is 0 Å². The molecule has 0 amide bonds. The van der Waals surface area contributed by atoms with Gasteiger partial charge in [-0.3, -0.25) is 0 Å². The highest BCUT2D eigenvalue weighted by molar-refractivity contribution is 5.91. The van der Waals surface area contributed by atoms with E-state index in [2.05, 4.69) is 23.7 Å². The first-order valence-electron chi connectivity index (χ1n) is 6.06. The number of ether oxygens (including phenoxy) is 1. The maximum absolute atomic E-state index is 11.4. The van der Waals surface area contributed by atoms with Crippen molar-refractivity contribution >= 4 is 11.7 Å². The van der Waals surface area contributed by atoms with Gasteiger partial charge in [-0.25, -0.2) is 9.48 Å². The Morgan fingerprint density at radius 2 is 2.11 bits per heavy atom. The fourth-order valence-electron chi connectivity index (χ4n) is 1.79. The number of methoxy groups -OCH3 is 1. The van der Waals surface area contributed by atoms with E-state index in [4.69, 9.17) is 5.73 Å². The number of anilines is 1. The number of hydrogen-bond donors (Lipinski definition) is 1. The number of nitrogens with two attached hydrogens (primary N) is 1. The fourth-order valence-corrected chi connectivity index (χ4v) is 1.79. The zero-order valence-corrected chi connectivity index (χ0v) is 11.3. The van der Waals surface area contributed by atoms with Crippen molar-refractivity contribution in [3.63, 3.8) is 0 Å². The summed E-state index contributed by atoms with van der Waals surface area (Å²) in [5, 5.41) is 4.46. The largest absolute Gasteiger partial charge is 0.465 e. The quantitative estimate of drug-likeness (QED) is 0.678. The zero-order chi connectivity index (χ0) is 14.0. The Labute approximate surface area is 112 Å². The number of benzene rings is 1. The predicted octanol–water partition coefficient (Wildman–Crippen LogP) is 2.36. The molecule has 2 aromatic rings. The van der Waals surface area contributed by atoms with E-state index in [9.17, 15) is 4.79 Å². The molecule has 5 nitrogen and oxygen atoms in total. The van der Waals surface area contributed by atoms with Crippen LogP contribution in [-0.2, 0) is 4.74 Å². The molecule has 19 heavy (non-hydrogen) atoms. The molecule has 0 saturated heterocycles. The van der Waals surface area contributed by atoms with Gasteiger partial charge >= 0.3 is 5.97 Å². The number of nitrogens with zero attached hydrogens (tertiary/aromatic N) is 2. The number of aromatic nitrogens is 2. The van der Waals surface area contributed by atoms with Crippen LogP contribution in [0.25, 0.3) is 5.69 Å². The molecule has 1 aromatic heterocycles. The van der Waals surface area contributed by atoms with E-state index in [0.29, 0.717) is 17.2 Å². The van der Waals surface area contributed by atoms with Gasteiger partial charge in [-0.05, 0) is 30.2 Å². The number of nitrogen functional groups attached to an aromatic ring is 1. The molecule has 0 saturated carbocycles. The van der Waals surface area contributed by atoms with Crippen LogP contribution in [0, 0.1) is 0 Å². The Morgan fingerprint density at radius 1 is 1.37 bits per heavy atom. The van der Waals surface area contributed by atoms with Crippen LogP contribution in [0.1, 0.15) is 35.8 Å². The Bertz CT molecular complexity index is 602. The van der Waals surface area contributed by atoms with E-state index in [-0.39, 0.29) is 0 Å². The molecule has 5 heteroatoms. The topological polar surface area (TPSA) is 70.1 Å². The van der Waals surface area contributed by atoms with Crippen LogP contribution in [0.15, 0.2) is 30.5 Å². The fraction of sp³-hybridized carbons (Fsp3) is 0.286. The van der Waals surface area contributed by atoms with Gasteiger partial charge in [0.25, 0.3) is 0 Å². The van der Waals surface area contributed by atoms with Crippen molar-refractivity contribution in [2.24, 2.45) is 0 Å². The highest BCUT2D eigenvalue weighted by Crippen LogP contribution is 2.20. The van der Waals surface area contributed by atoms with E-state index < -0.39 is 5.97 Å². The van der Waals surface area contributed by atoms with Crippen molar-refractivity contribution < 1.29 is 9.53 Å². The first-order chi connectivity index (χ1) is 9.02. The molecular formula is C14H17N3O2. The highest BCUT2D eigenvalue weighted by Gasteiger charge is 2.11. The summed E-state index contributed by atoms with van der Waals surface area (Å²) in [4.78, 5) is 11.4. The summed E-state index contributed by atoms with van der Waals surface area (Å²) in [5.74, 6) is -0.0431. The van der Waals surface area contributed by atoms with Gasteiger partial charge in [0.05, 0.1) is 29.7 Å². The summed E-state index contributed by atoms with van der Waals surface area (Å²) in [6, 6.07) is 6.99. The number of esters is 1. The number of carbonyl (C=O) groups is 1. The molecule has 0 fully saturated rings. The minimum Gasteiger partial charge on any atom is -0.465 e. The molecular weight excluding hydrogens is 242 g/mol. The average Bonchev–Trinajstić information content (AvgIpc) is 2.87. The predicted molar refractivity (Wildman–Crippen MR) is 73.4 cm³/mol. The van der Waals surface area contributed by atoms with Crippen LogP contribution in [0.3, 0.4) is 0 Å². The maximum Gasteiger partial charge on any atom is 0.337 e. The summed E-state index contributed by atoms with van der Waals surface area (Å²) in [5.41, 5.74) is 8.63. The number of hydrogen-bond acceptors (Lipinski definition) is 4. The molecule has 0 radical (unpaired) electrons. The standard InChI is InChI=1S/C14H17N3O2/c1-9(2)12-6-7-17(16-12)13-5-4-10(8-11(13)15)14(18)19-3/h4-9H,15H2,1-3H3. The summed E-state index contributed by atoms with van der Waals surface area (Å²) >= 11 is 0. The number of carbonyl (C=O) groups excluding carboxylic acids is 1. The Kier molecular flexibility index (Phi) is 3.55. The molecule has 0 aliphatic carbocycles. The van der Waals surface area contributed by atoms with Gasteiger partial charge in [0, 0.05) is 6.20 Å². The second-order valence-electron chi connectivity index (χ2n) is 4.61. The molecule has 0 aliphatic rings. The van der Waals surface area contributed by atoms with E-state index in [1.54, 1.807) is 22.9 Å². The Balaban J connectivity index is 2.37. The lowest BCUT2D eigenvalue weighted by Gasteiger charge is -2.08. The van der Waals surface area contributed by atoms with Crippen LogP contribution in [0.5, 0.6) is 0 Å². The van der Waals surface area contributed by atoms with Gasteiger partial charge in [0.2, 0.25) is 0 Å². The van der Waals surface area contributed by atoms with E-state index in [1.165, 1.54) is 7.11 Å². The smallest absolute Gasteiger partial charge is 0.337 e. The molecule has 1 heterocycles. The van der Waals surface area contributed by atoms with Crippen LogP contribution in [-0.4, -0.2) is 22.9 Å². The highest BCUT2D eigenvalue weighted by atomic mass is 16.5. The van der Waals surface area contributed by atoms with Gasteiger partial charge in [-0.1, -0.05) is 13.8 Å². The number of rotatable bonds is 3. The normalized spacial score (nSPS) is 10.7. The second kappa shape index (κ2) is 5.14. The second-order valence-corrected chi connectivity index (χ2v) is 4.61. The van der Waals surface area contributed by atoms with E-state index in [1.807, 2.05) is 12.3 Å². The summed E-state index contributed by atoms with van der Waals surface area (Å²) in [6.45, 7) is 4.16. The molecule has 0 spiro atoms. The van der Waals surface area contributed by atoms with Gasteiger partial charge < -0.3 is 10.5 Å². The zero-order valence-electron chi connectivity index (χ0n) is 11.3. The van der Waals surface area contributed by atoms with Crippen molar-refractivity contribution in [1.82, 2.24) is 9.78 Å². The average molecular weight is 259 g/mol. The minimum absolute atomic E-state index is 0.358. The summed E-state index contributed by atoms with van der Waals surface area (Å²) < 4.78 is 6.37. The SMILES string of the molecule is COC(=O)c1ccc(-n2ccc(C(C)C)n2)c(N)c1. The lowest BCUT2D eigenvalue weighted by molar-refractivity contribution is 0.0601. The van der Waals surface area contributed by atoms with Gasteiger partial charge in [-0.2, -0.15) is 5.10 Å². The lowest BCUT2D eigenvalue weighted by Crippen LogP contribution is -2.06. The van der Waals surface area contributed by atoms with Crippen LogP contribution in [0.2, 0.25) is 0 Å². The van der Waals surface area contributed by atoms with E-state index in [0.717, 1.165) is 11.4 Å². The maximum atomic E-state index is 11.4. The molecule has 0 unspecified atom stereocenters. The monoisotopic (exact) mass is 259 g/mol. The lowest BCUT2D eigenvalue weighted by atomic mass is 10.1. The van der Waals surface area contributed by atoms with Crippen molar-refractivity contribution in [3.8, 4) is 5.69 Å². The van der Waals surface area contributed by atoms with Gasteiger partial charge in [0.1, 0.15) is 0 Å². The van der Waals surface area contributed by atoms with Crippen molar-refractivity contribution in [1.29, 1.82) is 0 Å². The van der Waals surface area contributed by atoms with Crippen molar-refractivity contribution in [2.75, 3.05) is 12.8 Å². The molecule has 0 atom stereocenters. The van der Waals surface area contributed by atoms with Crippen LogP contribution in [0.4, 0.5) is 5.69 Å². The van der Waals surface area contributed by atoms with E-state index >= 15 is 0 Å². The minimum atomic E-state index is -0.401. The third-order valence-corrected chi connectivity index (χ3v) is 2.90. The molecule has 100 valence electrons. The molecule has 2 rings (SSSR count). The molecule has 2 N–H and O–H groups in total. The Hall–Kier alpha value is -2.30. The van der Waals surface area contributed by atoms with Gasteiger partial charge in [-0.15, -0.1) is 0 Å². The van der Waals surface area contributed by atoms with Crippen molar-refractivity contribution in [3.05, 3.63) is 41.7 Å². The molecule has 0 bridgehead atoms. The third kappa shape index (κ3) is 2.59. The Morgan fingerprint density at radius 3 is 2.63 bits per heavy atom. The molecule has 1 aromatic carbocycles. The van der Waals surface area contributed by atoms with Crippen LogP contribution < -0.4 is 5.73 Å². The summed E-state index contributed by atoms with van der Waals surface area (Å²) in [7, 11) is 1.34. The third-order valence-electron chi connectivity index (χ3n) is 2.90. The van der Waals surface area contributed by atoms with Gasteiger partial charge in [0.15, 0.2) is 0 Å². The van der Waals surface area contributed by atoms with Crippen molar-refractivity contribution in [2.45, 2.75) is 19.8 Å². The first kappa shape index (κ1) is 13.1.